The molecule has 0 saturated carbocycles. The number of nitrogens with one attached hydrogen (secondary N) is 1. The van der Waals surface area contributed by atoms with Gasteiger partial charge in [-0.2, -0.15) is 5.10 Å². The summed E-state index contributed by atoms with van der Waals surface area (Å²) in [5.74, 6) is -0.297. The predicted octanol–water partition coefficient (Wildman–Crippen LogP) is 2.90. The van der Waals surface area contributed by atoms with Gasteiger partial charge in [-0.3, -0.25) is 0 Å². The molecule has 0 bridgehead atoms. The second-order valence-electron chi connectivity index (χ2n) is 4.71. The molecule has 114 valence electrons. The summed E-state index contributed by atoms with van der Waals surface area (Å²) in [4.78, 5) is 11.6. The molecule has 0 radical (unpaired) electrons. The molecule has 0 spiro atoms. The number of ether oxygens (including phenoxy) is 1. The Morgan fingerprint density at radius 3 is 2.50 bits per heavy atom. The number of aromatic nitrogens is 3. The lowest BCUT2D eigenvalue weighted by Gasteiger charge is -2.09. The molecule has 0 fully saturated rings. The van der Waals surface area contributed by atoms with Crippen LogP contribution >= 0.6 is 0 Å². The number of hydrogen-bond donors (Lipinski definition) is 1. The molecule has 8 heteroatoms. The molecule has 2 aromatic heterocycles. The van der Waals surface area contributed by atoms with Crippen LogP contribution in [-0.4, -0.2) is 21.0 Å². The van der Waals surface area contributed by atoms with E-state index in [1.807, 2.05) is 0 Å². The number of aryl methyl sites for hydroxylation is 1. The Balaban J connectivity index is 2.00. The van der Waals surface area contributed by atoms with E-state index in [1.165, 1.54) is 28.7 Å². The number of fused-ring (bicyclic) bond motifs is 1. The lowest BCUT2D eigenvalue weighted by Crippen LogP contribution is -2.16. The van der Waals surface area contributed by atoms with E-state index in [0.717, 1.165) is 5.56 Å². The van der Waals surface area contributed by atoms with Gasteiger partial charge in [0, 0.05) is 6.20 Å². The molecule has 3 rings (SSSR count). The van der Waals surface area contributed by atoms with Crippen LogP contribution in [0.25, 0.3) is 16.8 Å². The molecule has 0 aliphatic carbocycles. The minimum absolute atomic E-state index is 0.297. The maximum atomic E-state index is 12.1. The van der Waals surface area contributed by atoms with Gasteiger partial charge >= 0.3 is 12.1 Å². The highest BCUT2D eigenvalue weighted by Gasteiger charge is 2.30. The number of nitrogens with zero attached hydrogens (tertiary/aromatic N) is 2. The average Bonchev–Trinajstić information content (AvgIpc) is 2.80. The van der Waals surface area contributed by atoms with Crippen LogP contribution in [0.15, 0.2) is 41.3 Å². The van der Waals surface area contributed by atoms with Gasteiger partial charge < -0.3 is 4.74 Å². The van der Waals surface area contributed by atoms with Crippen molar-refractivity contribution in [3.05, 3.63) is 52.6 Å². The van der Waals surface area contributed by atoms with Crippen LogP contribution in [0.3, 0.4) is 0 Å². The predicted molar refractivity (Wildman–Crippen MR) is 72.7 cm³/mol. The number of benzene rings is 1. The fourth-order valence-corrected chi connectivity index (χ4v) is 2.18. The quantitative estimate of drug-likeness (QED) is 0.792. The summed E-state index contributed by atoms with van der Waals surface area (Å²) >= 11 is 0. The van der Waals surface area contributed by atoms with Crippen LogP contribution in [0.5, 0.6) is 5.75 Å². The van der Waals surface area contributed by atoms with Crippen molar-refractivity contribution in [1.29, 1.82) is 0 Å². The number of alkyl halides is 3. The van der Waals surface area contributed by atoms with E-state index in [0.29, 0.717) is 16.8 Å². The largest absolute Gasteiger partial charge is 0.573 e. The summed E-state index contributed by atoms with van der Waals surface area (Å²) in [6.45, 7) is 1.79. The third-order valence-electron chi connectivity index (χ3n) is 3.12. The van der Waals surface area contributed by atoms with Gasteiger partial charge in [0.1, 0.15) is 5.75 Å². The average molecular weight is 309 g/mol. The second kappa shape index (κ2) is 4.90. The van der Waals surface area contributed by atoms with Gasteiger partial charge in [-0.1, -0.05) is 12.1 Å². The molecule has 0 atom stereocenters. The molecule has 3 aromatic rings. The van der Waals surface area contributed by atoms with E-state index >= 15 is 0 Å². The van der Waals surface area contributed by atoms with E-state index in [9.17, 15) is 18.0 Å². The van der Waals surface area contributed by atoms with Crippen molar-refractivity contribution < 1.29 is 17.9 Å². The molecule has 2 heterocycles. The fourth-order valence-electron chi connectivity index (χ4n) is 2.18. The minimum Gasteiger partial charge on any atom is -0.406 e. The molecule has 5 nitrogen and oxygen atoms in total. The van der Waals surface area contributed by atoms with Gasteiger partial charge in [-0.25, -0.2) is 14.3 Å². The van der Waals surface area contributed by atoms with Gasteiger partial charge in [0.15, 0.2) is 5.65 Å². The molecule has 1 N–H and O–H groups in total. The fraction of sp³-hybridized carbons (Fsp3) is 0.143. The molecule has 1 aromatic carbocycles. The van der Waals surface area contributed by atoms with E-state index in [2.05, 4.69) is 14.9 Å². The normalized spacial score (nSPS) is 11.8. The van der Waals surface area contributed by atoms with Crippen molar-refractivity contribution >= 4 is 5.65 Å². The van der Waals surface area contributed by atoms with Crippen LogP contribution in [0.4, 0.5) is 13.2 Å². The lowest BCUT2D eigenvalue weighted by atomic mass is 10.1. The first-order valence-electron chi connectivity index (χ1n) is 6.27. The van der Waals surface area contributed by atoms with Crippen LogP contribution < -0.4 is 10.4 Å². The number of rotatable bonds is 2. The number of pyridine rings is 1. The molecule has 0 aliphatic rings. The Hall–Kier alpha value is -2.77. The lowest BCUT2D eigenvalue weighted by molar-refractivity contribution is -0.274. The smallest absolute Gasteiger partial charge is 0.406 e. The van der Waals surface area contributed by atoms with Crippen molar-refractivity contribution in [2.24, 2.45) is 0 Å². The van der Waals surface area contributed by atoms with Gasteiger partial charge in [-0.05, 0) is 41.8 Å². The van der Waals surface area contributed by atoms with Crippen molar-refractivity contribution in [3.8, 4) is 16.9 Å². The topological polar surface area (TPSA) is 59.4 Å². The Bertz CT molecular complexity index is 879. The zero-order valence-electron chi connectivity index (χ0n) is 11.3. The Labute approximate surface area is 122 Å². The minimum atomic E-state index is -4.72. The highest BCUT2D eigenvalue weighted by molar-refractivity contribution is 5.67. The summed E-state index contributed by atoms with van der Waals surface area (Å²) in [7, 11) is 0. The standard InChI is InChI=1S/C14H10F3N3O2/c1-8-6-10(7-20-12(8)18-19-13(20)21)9-2-4-11(5-3-9)22-14(15,16)17/h2-7H,1H3,(H,19,21). The zero-order valence-corrected chi connectivity index (χ0v) is 11.3. The molecule has 22 heavy (non-hydrogen) atoms. The van der Waals surface area contributed by atoms with Gasteiger partial charge in [0.25, 0.3) is 0 Å². The highest BCUT2D eigenvalue weighted by Crippen LogP contribution is 2.27. The first kappa shape index (κ1) is 14.2. The zero-order chi connectivity index (χ0) is 15.9. The number of aromatic amines is 1. The van der Waals surface area contributed by atoms with Gasteiger partial charge in [-0.15, -0.1) is 13.2 Å². The maximum Gasteiger partial charge on any atom is 0.573 e. The summed E-state index contributed by atoms with van der Waals surface area (Å²) in [6.07, 6.45) is -3.14. The molecule has 0 unspecified atom stereocenters. The third-order valence-corrected chi connectivity index (χ3v) is 3.12. The van der Waals surface area contributed by atoms with Crippen molar-refractivity contribution in [2.75, 3.05) is 0 Å². The Kier molecular flexibility index (Phi) is 3.16. The number of H-pyrrole nitrogens is 1. The third kappa shape index (κ3) is 2.67. The van der Waals surface area contributed by atoms with Crippen LogP contribution in [0, 0.1) is 6.92 Å². The maximum absolute atomic E-state index is 12.1. The van der Waals surface area contributed by atoms with Crippen molar-refractivity contribution in [3.63, 3.8) is 0 Å². The molecule has 0 aliphatic heterocycles. The summed E-state index contributed by atoms with van der Waals surface area (Å²) in [6, 6.07) is 7.23. The highest BCUT2D eigenvalue weighted by atomic mass is 19.4. The van der Waals surface area contributed by atoms with E-state index in [-0.39, 0.29) is 11.4 Å². The van der Waals surface area contributed by atoms with Gasteiger partial charge in [0.05, 0.1) is 0 Å². The SMILES string of the molecule is Cc1cc(-c2ccc(OC(F)(F)F)cc2)cn2c(=O)[nH]nc12. The van der Waals surface area contributed by atoms with Crippen LogP contribution in [0.2, 0.25) is 0 Å². The Morgan fingerprint density at radius 2 is 1.86 bits per heavy atom. The van der Waals surface area contributed by atoms with Crippen LogP contribution in [-0.2, 0) is 0 Å². The molecular formula is C14H10F3N3O2. The van der Waals surface area contributed by atoms with Crippen LogP contribution in [0.1, 0.15) is 5.56 Å². The van der Waals surface area contributed by atoms with Crippen molar-refractivity contribution in [2.45, 2.75) is 13.3 Å². The van der Waals surface area contributed by atoms with E-state index in [4.69, 9.17) is 0 Å². The summed E-state index contributed by atoms with van der Waals surface area (Å²) < 4.78 is 41.6. The second-order valence-corrected chi connectivity index (χ2v) is 4.71. The first-order valence-corrected chi connectivity index (χ1v) is 6.27. The monoisotopic (exact) mass is 309 g/mol. The molecular weight excluding hydrogens is 299 g/mol. The molecule has 0 amide bonds. The number of hydrogen-bond acceptors (Lipinski definition) is 3. The first-order chi connectivity index (χ1) is 10.3. The number of halogens is 3. The van der Waals surface area contributed by atoms with Gasteiger partial charge in [0.2, 0.25) is 0 Å². The van der Waals surface area contributed by atoms with Crippen molar-refractivity contribution in [1.82, 2.24) is 14.6 Å². The van der Waals surface area contributed by atoms with E-state index in [1.54, 1.807) is 19.2 Å². The van der Waals surface area contributed by atoms with E-state index < -0.39 is 6.36 Å². The summed E-state index contributed by atoms with van der Waals surface area (Å²) in [5.41, 5.74) is 2.24. The molecule has 0 saturated heterocycles. The Morgan fingerprint density at radius 1 is 1.18 bits per heavy atom. The summed E-state index contributed by atoms with van der Waals surface area (Å²) in [5, 5.41) is 6.23.